The first-order chi connectivity index (χ1) is 9.71. The highest BCUT2D eigenvalue weighted by molar-refractivity contribution is 5.92. The van der Waals surface area contributed by atoms with Crippen LogP contribution >= 0.6 is 0 Å². The summed E-state index contributed by atoms with van der Waals surface area (Å²) in [5.74, 6) is -0.497. The molecule has 1 aromatic carbocycles. The number of hydrogen-bond acceptors (Lipinski definition) is 5. The van der Waals surface area contributed by atoms with Gasteiger partial charge >= 0.3 is 5.97 Å². The first-order valence-corrected chi connectivity index (χ1v) is 6.66. The quantitative estimate of drug-likeness (QED) is 0.838. The first kappa shape index (κ1) is 14.5. The predicted octanol–water partition coefficient (Wildman–Crippen LogP) is 1.30. The maximum atomic E-state index is 11.7. The van der Waals surface area contributed by atoms with Gasteiger partial charge in [0.1, 0.15) is 6.07 Å². The average molecular weight is 274 g/mol. The number of nitriles is 1. The number of nitrogens with zero attached hydrogens (tertiary/aromatic N) is 2. The van der Waals surface area contributed by atoms with E-state index in [4.69, 9.17) is 4.74 Å². The van der Waals surface area contributed by atoms with E-state index < -0.39 is 5.97 Å². The minimum absolute atomic E-state index is 0.124. The second kappa shape index (κ2) is 6.51. The first-order valence-electron chi connectivity index (χ1n) is 6.66. The van der Waals surface area contributed by atoms with Gasteiger partial charge in [-0.15, -0.1) is 0 Å². The Morgan fingerprint density at radius 2 is 2.40 bits per heavy atom. The van der Waals surface area contributed by atoms with Gasteiger partial charge < -0.3 is 9.84 Å². The van der Waals surface area contributed by atoms with Gasteiger partial charge in [-0.25, -0.2) is 4.79 Å². The van der Waals surface area contributed by atoms with Gasteiger partial charge in [-0.2, -0.15) is 5.26 Å². The third-order valence-corrected chi connectivity index (χ3v) is 3.75. The van der Waals surface area contributed by atoms with E-state index in [0.717, 1.165) is 24.9 Å². The van der Waals surface area contributed by atoms with E-state index >= 15 is 0 Å². The van der Waals surface area contributed by atoms with Crippen molar-refractivity contribution in [1.29, 1.82) is 5.26 Å². The Kier molecular flexibility index (Phi) is 4.72. The van der Waals surface area contributed by atoms with Crippen LogP contribution in [0.15, 0.2) is 18.2 Å². The third kappa shape index (κ3) is 2.82. The fraction of sp³-hybridized carbons (Fsp3) is 0.467. The number of methoxy groups -OCH3 is 1. The summed E-state index contributed by atoms with van der Waals surface area (Å²) < 4.78 is 4.70. The molecule has 1 aliphatic heterocycles. The van der Waals surface area contributed by atoms with Crippen LogP contribution in [0.5, 0.6) is 0 Å². The van der Waals surface area contributed by atoms with Crippen LogP contribution in [-0.2, 0) is 11.3 Å². The van der Waals surface area contributed by atoms with Crippen molar-refractivity contribution < 1.29 is 14.6 Å². The lowest BCUT2D eigenvalue weighted by molar-refractivity contribution is 0.0600. The topological polar surface area (TPSA) is 73.6 Å². The molecule has 1 saturated heterocycles. The molecule has 20 heavy (non-hydrogen) atoms. The summed E-state index contributed by atoms with van der Waals surface area (Å²) in [5.41, 5.74) is 1.46. The Morgan fingerprint density at radius 1 is 1.60 bits per heavy atom. The van der Waals surface area contributed by atoms with E-state index in [9.17, 15) is 15.2 Å². The summed E-state index contributed by atoms with van der Waals surface area (Å²) in [6.45, 7) is 1.59. The molecule has 5 heteroatoms. The van der Waals surface area contributed by atoms with Gasteiger partial charge in [0.15, 0.2) is 0 Å². The monoisotopic (exact) mass is 274 g/mol. The molecule has 0 bridgehead atoms. The van der Waals surface area contributed by atoms with Crippen molar-refractivity contribution in [3.63, 3.8) is 0 Å². The van der Waals surface area contributed by atoms with Crippen LogP contribution in [0.1, 0.15) is 34.3 Å². The minimum atomic E-state index is -0.497. The van der Waals surface area contributed by atoms with Crippen molar-refractivity contribution in [2.45, 2.75) is 25.4 Å². The molecule has 2 rings (SSSR count). The van der Waals surface area contributed by atoms with Crippen LogP contribution in [0.25, 0.3) is 0 Å². The summed E-state index contributed by atoms with van der Waals surface area (Å²) in [4.78, 5) is 13.8. The lowest BCUT2D eigenvalue weighted by Crippen LogP contribution is -2.32. The number of esters is 1. The molecule has 1 fully saturated rings. The molecule has 1 unspecified atom stereocenters. The zero-order chi connectivity index (χ0) is 14.5. The van der Waals surface area contributed by atoms with Gasteiger partial charge in [-0.3, -0.25) is 4.90 Å². The summed E-state index contributed by atoms with van der Waals surface area (Å²) in [5, 5.41) is 18.7. The van der Waals surface area contributed by atoms with Gasteiger partial charge in [-0.1, -0.05) is 12.1 Å². The summed E-state index contributed by atoms with van der Waals surface area (Å²) >= 11 is 0. The number of ether oxygens (including phenoxy) is 1. The summed E-state index contributed by atoms with van der Waals surface area (Å²) in [7, 11) is 1.30. The Morgan fingerprint density at radius 3 is 3.05 bits per heavy atom. The fourth-order valence-electron chi connectivity index (χ4n) is 2.67. The van der Waals surface area contributed by atoms with E-state index in [1.165, 1.54) is 7.11 Å². The zero-order valence-electron chi connectivity index (χ0n) is 11.5. The Labute approximate surface area is 118 Å². The molecule has 0 aromatic heterocycles. The van der Waals surface area contributed by atoms with Crippen molar-refractivity contribution in [2.24, 2.45) is 0 Å². The second-order valence-electron chi connectivity index (χ2n) is 4.89. The van der Waals surface area contributed by atoms with Gasteiger partial charge in [0.25, 0.3) is 0 Å². The van der Waals surface area contributed by atoms with E-state index in [1.54, 1.807) is 12.1 Å². The lowest BCUT2D eigenvalue weighted by atomic mass is 10.0. The highest BCUT2D eigenvalue weighted by Gasteiger charge is 2.25. The summed E-state index contributed by atoms with van der Waals surface area (Å²) in [6.07, 6.45) is 2.01. The molecule has 0 spiro atoms. The molecular formula is C15H18N2O3. The molecule has 0 radical (unpaired) electrons. The normalized spacial score (nSPS) is 18.8. The van der Waals surface area contributed by atoms with E-state index in [2.05, 4.69) is 11.0 Å². The van der Waals surface area contributed by atoms with Crippen LogP contribution in [-0.4, -0.2) is 42.3 Å². The molecule has 1 aliphatic rings. The zero-order valence-corrected chi connectivity index (χ0v) is 11.5. The average Bonchev–Trinajstić information content (AvgIpc) is 2.93. The minimum Gasteiger partial charge on any atom is -0.465 e. The Balaban J connectivity index is 2.28. The predicted molar refractivity (Wildman–Crippen MR) is 73.0 cm³/mol. The molecule has 106 valence electrons. The van der Waals surface area contributed by atoms with E-state index in [0.29, 0.717) is 17.7 Å². The molecule has 1 aromatic rings. The van der Waals surface area contributed by atoms with Crippen LogP contribution in [0, 0.1) is 11.3 Å². The van der Waals surface area contributed by atoms with Crippen LogP contribution < -0.4 is 0 Å². The number of hydrogen-bond donors (Lipinski definition) is 1. The lowest BCUT2D eigenvalue weighted by Gasteiger charge is -2.23. The van der Waals surface area contributed by atoms with Crippen molar-refractivity contribution in [2.75, 3.05) is 20.3 Å². The summed E-state index contributed by atoms with van der Waals surface area (Å²) in [6, 6.07) is 7.44. The fourth-order valence-corrected chi connectivity index (χ4v) is 2.67. The van der Waals surface area contributed by atoms with Crippen LogP contribution in [0.4, 0.5) is 0 Å². The number of likely N-dealkylation sites (tertiary alicyclic amines) is 1. The number of aliphatic hydroxyl groups excluding tert-OH is 1. The largest absolute Gasteiger partial charge is 0.465 e. The van der Waals surface area contributed by atoms with Gasteiger partial charge in [0, 0.05) is 12.6 Å². The van der Waals surface area contributed by atoms with E-state index in [1.807, 2.05) is 6.07 Å². The third-order valence-electron chi connectivity index (χ3n) is 3.75. The Hall–Kier alpha value is -1.90. The highest BCUT2D eigenvalue weighted by atomic mass is 16.5. The SMILES string of the molecule is COC(=O)c1cccc(CN2CCCC2CO)c1C#N. The van der Waals surface area contributed by atoms with Gasteiger partial charge in [0.05, 0.1) is 24.8 Å². The van der Waals surface area contributed by atoms with E-state index in [-0.39, 0.29) is 12.6 Å². The van der Waals surface area contributed by atoms with Crippen molar-refractivity contribution in [3.05, 3.63) is 34.9 Å². The van der Waals surface area contributed by atoms with Crippen molar-refractivity contribution in [1.82, 2.24) is 4.90 Å². The maximum Gasteiger partial charge on any atom is 0.339 e. The Bertz CT molecular complexity index is 536. The van der Waals surface area contributed by atoms with Gasteiger partial charge in [-0.05, 0) is 31.0 Å². The molecule has 0 amide bonds. The number of carbonyl (C=O) groups is 1. The van der Waals surface area contributed by atoms with Crippen LogP contribution in [0.2, 0.25) is 0 Å². The number of aliphatic hydroxyl groups is 1. The molecule has 0 saturated carbocycles. The maximum absolute atomic E-state index is 11.7. The standard InChI is InChI=1S/C15H18N2O3/c1-20-15(19)13-6-2-4-11(14(13)8-16)9-17-7-3-5-12(17)10-18/h2,4,6,12,18H,3,5,7,9-10H2,1H3. The number of benzene rings is 1. The molecule has 1 N–H and O–H groups in total. The molecular weight excluding hydrogens is 256 g/mol. The molecule has 0 aliphatic carbocycles. The van der Waals surface area contributed by atoms with Gasteiger partial charge in [0.2, 0.25) is 0 Å². The molecule has 1 atom stereocenters. The van der Waals surface area contributed by atoms with Crippen LogP contribution in [0.3, 0.4) is 0 Å². The molecule has 1 heterocycles. The smallest absolute Gasteiger partial charge is 0.339 e. The highest BCUT2D eigenvalue weighted by Crippen LogP contribution is 2.23. The number of carbonyl (C=O) groups excluding carboxylic acids is 1. The molecule has 5 nitrogen and oxygen atoms in total. The van der Waals surface area contributed by atoms with Crippen molar-refractivity contribution in [3.8, 4) is 6.07 Å². The van der Waals surface area contributed by atoms with Crippen molar-refractivity contribution >= 4 is 5.97 Å². The second-order valence-corrected chi connectivity index (χ2v) is 4.89. The number of rotatable bonds is 4.